The van der Waals surface area contributed by atoms with Gasteiger partial charge in [-0.05, 0) is 5.56 Å². The Kier molecular flexibility index (Phi) is 4.00. The van der Waals surface area contributed by atoms with Gasteiger partial charge in [-0.15, -0.1) is 0 Å². The van der Waals surface area contributed by atoms with Crippen molar-refractivity contribution in [1.29, 1.82) is 0 Å². The molecule has 0 spiro atoms. The highest BCUT2D eigenvalue weighted by Gasteiger charge is 2.00. The number of benzene rings is 1. The van der Waals surface area contributed by atoms with Crippen molar-refractivity contribution >= 4 is 29.3 Å². The van der Waals surface area contributed by atoms with E-state index in [-0.39, 0.29) is 6.42 Å². The van der Waals surface area contributed by atoms with Crippen LogP contribution in [0.25, 0.3) is 6.08 Å². The van der Waals surface area contributed by atoms with E-state index in [1.165, 1.54) is 0 Å². The van der Waals surface area contributed by atoms with Gasteiger partial charge in [0.05, 0.1) is 6.42 Å². The zero-order chi connectivity index (χ0) is 11.3. The summed E-state index contributed by atoms with van der Waals surface area (Å²) >= 11 is 4.88. The molecular formula is C11H11NO2S. The van der Waals surface area contributed by atoms with Gasteiger partial charge in [0.1, 0.15) is 4.99 Å². The molecule has 0 atom stereocenters. The number of hydrogen-bond donors (Lipinski definition) is 2. The summed E-state index contributed by atoms with van der Waals surface area (Å²) in [5, 5.41) is 8.47. The van der Waals surface area contributed by atoms with E-state index in [4.69, 9.17) is 23.1 Å². The lowest BCUT2D eigenvalue weighted by atomic mass is 10.1. The molecule has 0 amide bonds. The maximum absolute atomic E-state index is 10.3. The van der Waals surface area contributed by atoms with E-state index < -0.39 is 5.97 Å². The molecule has 15 heavy (non-hydrogen) atoms. The predicted molar refractivity (Wildman–Crippen MR) is 63.6 cm³/mol. The molecule has 0 aliphatic rings. The van der Waals surface area contributed by atoms with Gasteiger partial charge in [0.25, 0.3) is 0 Å². The number of thiocarbonyl (C=S) groups is 1. The second-order valence-electron chi connectivity index (χ2n) is 2.95. The van der Waals surface area contributed by atoms with Crippen LogP contribution in [0.3, 0.4) is 0 Å². The highest BCUT2D eigenvalue weighted by Crippen LogP contribution is 2.10. The van der Waals surface area contributed by atoms with Gasteiger partial charge in [-0.25, -0.2) is 0 Å². The molecule has 0 aliphatic heterocycles. The Balaban J connectivity index is 2.89. The van der Waals surface area contributed by atoms with Crippen LogP contribution in [0.2, 0.25) is 0 Å². The topological polar surface area (TPSA) is 63.3 Å². The summed E-state index contributed by atoms with van der Waals surface area (Å²) in [6.07, 6.45) is 3.27. The molecular weight excluding hydrogens is 210 g/mol. The Labute approximate surface area is 93.2 Å². The van der Waals surface area contributed by atoms with Gasteiger partial charge in [0, 0.05) is 5.56 Å². The zero-order valence-electron chi connectivity index (χ0n) is 8.01. The molecule has 1 aromatic carbocycles. The van der Waals surface area contributed by atoms with Crippen molar-refractivity contribution in [3.63, 3.8) is 0 Å². The normalized spacial score (nSPS) is 10.4. The van der Waals surface area contributed by atoms with Crippen LogP contribution in [-0.4, -0.2) is 16.1 Å². The van der Waals surface area contributed by atoms with Gasteiger partial charge in [0.2, 0.25) is 0 Å². The van der Waals surface area contributed by atoms with Gasteiger partial charge in [-0.1, -0.05) is 48.6 Å². The van der Waals surface area contributed by atoms with Crippen LogP contribution < -0.4 is 5.73 Å². The molecule has 1 rings (SSSR count). The van der Waals surface area contributed by atoms with E-state index in [0.29, 0.717) is 4.99 Å². The number of carboxylic acids is 1. The van der Waals surface area contributed by atoms with E-state index in [1.807, 2.05) is 24.3 Å². The van der Waals surface area contributed by atoms with Crippen LogP contribution in [0.5, 0.6) is 0 Å². The molecule has 0 bridgehead atoms. The average molecular weight is 221 g/mol. The third kappa shape index (κ3) is 3.52. The molecule has 3 N–H and O–H groups in total. The Morgan fingerprint density at radius 1 is 1.47 bits per heavy atom. The molecule has 0 unspecified atom stereocenters. The van der Waals surface area contributed by atoms with Crippen molar-refractivity contribution in [2.75, 3.05) is 0 Å². The summed E-state index contributed by atoms with van der Waals surface area (Å²) in [5.74, 6) is -0.862. The largest absolute Gasteiger partial charge is 0.481 e. The van der Waals surface area contributed by atoms with Gasteiger partial charge in [-0.3, -0.25) is 4.79 Å². The van der Waals surface area contributed by atoms with Gasteiger partial charge in [0.15, 0.2) is 0 Å². The maximum atomic E-state index is 10.3. The minimum absolute atomic E-state index is 0.00827. The Morgan fingerprint density at radius 2 is 2.13 bits per heavy atom. The number of carboxylic acid groups (broad SMARTS) is 1. The first kappa shape index (κ1) is 11.4. The number of hydrogen-bond acceptors (Lipinski definition) is 2. The molecule has 1 aromatic rings. The highest BCUT2D eigenvalue weighted by atomic mass is 32.1. The van der Waals surface area contributed by atoms with E-state index in [2.05, 4.69) is 0 Å². The minimum Gasteiger partial charge on any atom is -0.481 e. The van der Waals surface area contributed by atoms with Crippen LogP contribution in [0.4, 0.5) is 0 Å². The van der Waals surface area contributed by atoms with Crippen molar-refractivity contribution in [3.8, 4) is 0 Å². The smallest absolute Gasteiger partial charge is 0.307 e. The molecule has 0 radical (unpaired) electrons. The number of aliphatic carboxylic acids is 1. The van der Waals surface area contributed by atoms with E-state index in [1.54, 1.807) is 12.2 Å². The minimum atomic E-state index is -0.862. The van der Waals surface area contributed by atoms with E-state index in [0.717, 1.165) is 11.1 Å². The molecule has 3 nitrogen and oxygen atoms in total. The van der Waals surface area contributed by atoms with Crippen LogP contribution in [0.15, 0.2) is 30.3 Å². The summed E-state index contributed by atoms with van der Waals surface area (Å²) in [6, 6.07) is 7.33. The second kappa shape index (κ2) is 5.26. The fraction of sp³-hybridized carbons (Fsp3) is 0.0909. The fourth-order valence-corrected chi connectivity index (χ4v) is 1.34. The molecule has 78 valence electrons. The number of carbonyl (C=O) groups is 1. The quantitative estimate of drug-likeness (QED) is 0.761. The van der Waals surface area contributed by atoms with Gasteiger partial charge in [-0.2, -0.15) is 0 Å². The molecule has 0 saturated heterocycles. The number of nitrogens with two attached hydrogens (primary N) is 1. The first-order valence-electron chi connectivity index (χ1n) is 4.38. The van der Waals surface area contributed by atoms with Crippen molar-refractivity contribution in [3.05, 3.63) is 41.5 Å². The van der Waals surface area contributed by atoms with Gasteiger partial charge >= 0.3 is 5.97 Å². The molecule has 0 saturated carbocycles. The number of rotatable bonds is 4. The zero-order valence-corrected chi connectivity index (χ0v) is 8.83. The third-order valence-corrected chi connectivity index (χ3v) is 2.04. The van der Waals surface area contributed by atoms with Crippen molar-refractivity contribution in [2.45, 2.75) is 6.42 Å². The average Bonchev–Trinajstić information content (AvgIpc) is 2.17. The first-order valence-corrected chi connectivity index (χ1v) is 4.79. The monoisotopic (exact) mass is 221 g/mol. The van der Waals surface area contributed by atoms with Crippen LogP contribution in [-0.2, 0) is 4.79 Å². The van der Waals surface area contributed by atoms with Gasteiger partial charge < -0.3 is 10.8 Å². The summed E-state index contributed by atoms with van der Waals surface area (Å²) < 4.78 is 0. The third-order valence-electron chi connectivity index (χ3n) is 1.82. The molecule has 0 aliphatic carbocycles. The van der Waals surface area contributed by atoms with Crippen molar-refractivity contribution in [1.82, 2.24) is 0 Å². The molecule has 4 heteroatoms. The van der Waals surface area contributed by atoms with Crippen LogP contribution in [0, 0.1) is 0 Å². The Morgan fingerprint density at radius 3 is 2.73 bits per heavy atom. The first-order chi connectivity index (χ1) is 7.11. The molecule has 0 heterocycles. The summed E-state index contributed by atoms with van der Waals surface area (Å²) in [7, 11) is 0. The van der Waals surface area contributed by atoms with E-state index in [9.17, 15) is 4.79 Å². The maximum Gasteiger partial charge on any atom is 0.307 e. The van der Waals surface area contributed by atoms with E-state index >= 15 is 0 Å². The summed E-state index contributed by atoms with van der Waals surface area (Å²) in [5.41, 5.74) is 7.12. The van der Waals surface area contributed by atoms with Crippen LogP contribution in [0.1, 0.15) is 17.5 Å². The SMILES string of the molecule is NC(=S)c1ccccc1C=CCC(=O)O. The lowest BCUT2D eigenvalue weighted by Gasteiger charge is -2.02. The fourth-order valence-electron chi connectivity index (χ4n) is 1.15. The lowest BCUT2D eigenvalue weighted by Crippen LogP contribution is -2.10. The summed E-state index contributed by atoms with van der Waals surface area (Å²) in [6.45, 7) is 0. The van der Waals surface area contributed by atoms with Crippen molar-refractivity contribution in [2.24, 2.45) is 5.73 Å². The lowest BCUT2D eigenvalue weighted by molar-refractivity contribution is -0.135. The van der Waals surface area contributed by atoms with Crippen LogP contribution >= 0.6 is 12.2 Å². The standard InChI is InChI=1S/C11H11NO2S/c12-11(15)9-6-2-1-4-8(9)5-3-7-10(13)14/h1-6H,7H2,(H2,12,15)(H,13,14). The highest BCUT2D eigenvalue weighted by molar-refractivity contribution is 7.80. The molecule has 0 aromatic heterocycles. The van der Waals surface area contributed by atoms with Crippen molar-refractivity contribution < 1.29 is 9.90 Å². The summed E-state index contributed by atoms with van der Waals surface area (Å²) in [4.78, 5) is 10.6. The Hall–Kier alpha value is -1.68. The predicted octanol–water partition coefficient (Wildman–Crippen LogP) is 1.81. The second-order valence-corrected chi connectivity index (χ2v) is 3.39. The molecule has 0 fully saturated rings. The Bertz CT molecular complexity index is 413.